The molecule has 0 unspecified atom stereocenters. The number of nitrogens with one attached hydrogen (secondary N) is 2. The van der Waals surface area contributed by atoms with Crippen LogP contribution in [0, 0.1) is 10.8 Å². The van der Waals surface area contributed by atoms with E-state index >= 15 is 0 Å². The maximum atomic E-state index is 12.0. The van der Waals surface area contributed by atoms with E-state index in [1.807, 2.05) is 0 Å². The normalized spacial score (nSPS) is 21.6. The summed E-state index contributed by atoms with van der Waals surface area (Å²) >= 11 is 0. The van der Waals surface area contributed by atoms with Gasteiger partial charge in [-0.15, -0.1) is 0 Å². The highest BCUT2D eigenvalue weighted by molar-refractivity contribution is 6.54. The quantitative estimate of drug-likeness (QED) is 0.343. The van der Waals surface area contributed by atoms with Gasteiger partial charge >= 0.3 is 0 Å². The van der Waals surface area contributed by atoms with Gasteiger partial charge in [0.15, 0.2) is 5.78 Å². The molecule has 0 saturated heterocycles. The SMILES string of the molecule is N=C1C(=N)C(C2=C(N)CCCC2=O)=C(N)C(N)=C1N. The van der Waals surface area contributed by atoms with Crippen LogP contribution in [0.4, 0.5) is 0 Å². The Hall–Kier alpha value is -2.57. The van der Waals surface area contributed by atoms with E-state index in [2.05, 4.69) is 0 Å². The Labute approximate surface area is 110 Å². The molecule has 2 aliphatic rings. The van der Waals surface area contributed by atoms with Crippen molar-refractivity contribution >= 4 is 17.2 Å². The van der Waals surface area contributed by atoms with E-state index in [9.17, 15) is 4.79 Å². The fourth-order valence-corrected chi connectivity index (χ4v) is 2.24. The summed E-state index contributed by atoms with van der Waals surface area (Å²) in [5.74, 6) is -0.174. The molecule has 0 aromatic carbocycles. The van der Waals surface area contributed by atoms with E-state index in [0.29, 0.717) is 25.0 Å². The minimum Gasteiger partial charge on any atom is -0.401 e. The summed E-state index contributed by atoms with van der Waals surface area (Å²) in [6.45, 7) is 0. The summed E-state index contributed by atoms with van der Waals surface area (Å²) in [6, 6.07) is 0. The molecule has 0 aliphatic heterocycles. The van der Waals surface area contributed by atoms with Gasteiger partial charge in [0.05, 0.1) is 22.8 Å². The summed E-state index contributed by atoms with van der Waals surface area (Å²) in [7, 11) is 0. The molecule has 2 aliphatic carbocycles. The summed E-state index contributed by atoms with van der Waals surface area (Å²) < 4.78 is 0. The van der Waals surface area contributed by atoms with Crippen molar-refractivity contribution < 1.29 is 4.79 Å². The average molecular weight is 260 g/mol. The Morgan fingerprint density at radius 1 is 0.789 bits per heavy atom. The number of allylic oxidation sites excluding steroid dienone is 4. The number of rotatable bonds is 1. The van der Waals surface area contributed by atoms with Crippen LogP contribution in [0.1, 0.15) is 19.3 Å². The number of hydrogen-bond donors (Lipinski definition) is 6. The Kier molecular flexibility index (Phi) is 2.89. The molecule has 10 N–H and O–H groups in total. The smallest absolute Gasteiger partial charge is 0.165 e. The lowest BCUT2D eigenvalue weighted by atomic mass is 9.82. The molecule has 2 rings (SSSR count). The molecule has 19 heavy (non-hydrogen) atoms. The number of carbonyl (C=O) groups is 1. The fraction of sp³-hybridized carbons (Fsp3) is 0.250. The molecule has 0 bridgehead atoms. The summed E-state index contributed by atoms with van der Waals surface area (Å²) in [5, 5.41) is 15.7. The summed E-state index contributed by atoms with van der Waals surface area (Å²) in [6.07, 6.45) is 1.60. The number of carbonyl (C=O) groups excluding carboxylic acids is 1. The number of ketones is 1. The predicted molar refractivity (Wildman–Crippen MR) is 72.1 cm³/mol. The molecular weight excluding hydrogens is 244 g/mol. The molecule has 0 aromatic rings. The van der Waals surface area contributed by atoms with Crippen molar-refractivity contribution in [3.05, 3.63) is 33.9 Å². The number of Topliss-reactive ketones (excluding diaryl/α,β-unsaturated/α-hetero) is 1. The summed E-state index contributed by atoms with van der Waals surface area (Å²) in [4.78, 5) is 12.0. The van der Waals surface area contributed by atoms with E-state index in [1.54, 1.807) is 0 Å². The zero-order valence-corrected chi connectivity index (χ0v) is 10.3. The molecule has 100 valence electrons. The van der Waals surface area contributed by atoms with Crippen molar-refractivity contribution in [2.24, 2.45) is 22.9 Å². The van der Waals surface area contributed by atoms with Crippen molar-refractivity contribution in [2.75, 3.05) is 0 Å². The molecular formula is C12H16N6O. The lowest BCUT2D eigenvalue weighted by Gasteiger charge is -2.25. The van der Waals surface area contributed by atoms with Gasteiger partial charge in [0.25, 0.3) is 0 Å². The van der Waals surface area contributed by atoms with Crippen molar-refractivity contribution in [1.29, 1.82) is 10.8 Å². The zero-order valence-electron chi connectivity index (χ0n) is 10.3. The first-order valence-corrected chi connectivity index (χ1v) is 5.82. The minimum absolute atomic E-state index is 0.0228. The number of nitrogens with two attached hydrogens (primary N) is 4. The molecule has 0 heterocycles. The fourth-order valence-electron chi connectivity index (χ4n) is 2.24. The third-order valence-corrected chi connectivity index (χ3v) is 3.32. The standard InChI is InChI=1S/C12H16N6O/c13-4-2-1-3-5(19)6(4)7-8(14)10(16)12(18)11(17)9(7)15/h14,16H,1-3,13,15,17-18H2. The third kappa shape index (κ3) is 1.79. The Morgan fingerprint density at radius 3 is 2.00 bits per heavy atom. The predicted octanol–water partition coefficient (Wildman–Crippen LogP) is -0.653. The van der Waals surface area contributed by atoms with Crippen LogP contribution in [0.2, 0.25) is 0 Å². The second-order valence-corrected chi connectivity index (χ2v) is 4.54. The Balaban J connectivity index is 2.70. The van der Waals surface area contributed by atoms with Gasteiger partial charge in [-0.3, -0.25) is 15.6 Å². The second-order valence-electron chi connectivity index (χ2n) is 4.54. The molecule has 0 amide bonds. The average Bonchev–Trinajstić information content (AvgIpc) is 2.37. The lowest BCUT2D eigenvalue weighted by molar-refractivity contribution is -0.115. The molecule has 0 fully saturated rings. The molecule has 7 heteroatoms. The van der Waals surface area contributed by atoms with E-state index in [-0.39, 0.29) is 45.4 Å². The number of hydrogen-bond acceptors (Lipinski definition) is 7. The van der Waals surface area contributed by atoms with Gasteiger partial charge < -0.3 is 22.9 Å². The van der Waals surface area contributed by atoms with Crippen LogP contribution < -0.4 is 22.9 Å². The third-order valence-electron chi connectivity index (χ3n) is 3.32. The van der Waals surface area contributed by atoms with Gasteiger partial charge in [-0.1, -0.05) is 0 Å². The van der Waals surface area contributed by atoms with Gasteiger partial charge in [-0.25, -0.2) is 0 Å². The van der Waals surface area contributed by atoms with E-state index in [1.165, 1.54) is 0 Å². The van der Waals surface area contributed by atoms with Gasteiger partial charge in [0, 0.05) is 23.3 Å². The largest absolute Gasteiger partial charge is 0.401 e. The van der Waals surface area contributed by atoms with Crippen molar-refractivity contribution in [3.63, 3.8) is 0 Å². The highest BCUT2D eigenvalue weighted by atomic mass is 16.1. The van der Waals surface area contributed by atoms with Crippen molar-refractivity contribution in [2.45, 2.75) is 19.3 Å². The topological polar surface area (TPSA) is 169 Å². The van der Waals surface area contributed by atoms with Crippen LogP contribution in [0.25, 0.3) is 0 Å². The van der Waals surface area contributed by atoms with Crippen LogP contribution >= 0.6 is 0 Å². The molecule has 7 nitrogen and oxygen atoms in total. The van der Waals surface area contributed by atoms with Crippen LogP contribution in [-0.4, -0.2) is 17.2 Å². The van der Waals surface area contributed by atoms with Crippen LogP contribution in [0.5, 0.6) is 0 Å². The highest BCUT2D eigenvalue weighted by Gasteiger charge is 2.33. The molecule has 0 radical (unpaired) electrons. The van der Waals surface area contributed by atoms with Crippen molar-refractivity contribution in [3.8, 4) is 0 Å². The Morgan fingerprint density at radius 2 is 1.42 bits per heavy atom. The Bertz CT molecular complexity index is 608. The minimum atomic E-state index is -0.236. The van der Waals surface area contributed by atoms with Crippen LogP contribution in [0.3, 0.4) is 0 Å². The van der Waals surface area contributed by atoms with Gasteiger partial charge in [0.1, 0.15) is 5.71 Å². The zero-order chi connectivity index (χ0) is 14.3. The summed E-state index contributed by atoms with van der Waals surface area (Å²) in [5.41, 5.74) is 23.4. The first-order valence-electron chi connectivity index (χ1n) is 5.82. The monoisotopic (exact) mass is 260 g/mol. The van der Waals surface area contributed by atoms with Crippen LogP contribution in [-0.2, 0) is 4.79 Å². The second kappa shape index (κ2) is 4.27. The van der Waals surface area contributed by atoms with E-state index < -0.39 is 0 Å². The maximum Gasteiger partial charge on any atom is 0.165 e. The first kappa shape index (κ1) is 12.9. The lowest BCUT2D eigenvalue weighted by Crippen LogP contribution is -2.37. The molecule has 0 spiro atoms. The van der Waals surface area contributed by atoms with E-state index in [0.717, 1.165) is 0 Å². The van der Waals surface area contributed by atoms with Crippen molar-refractivity contribution in [1.82, 2.24) is 0 Å². The van der Waals surface area contributed by atoms with Gasteiger partial charge in [-0.2, -0.15) is 0 Å². The first-order chi connectivity index (χ1) is 8.86. The highest BCUT2D eigenvalue weighted by Crippen LogP contribution is 2.30. The molecule has 0 atom stereocenters. The van der Waals surface area contributed by atoms with Gasteiger partial charge in [0.2, 0.25) is 0 Å². The molecule has 0 saturated carbocycles. The van der Waals surface area contributed by atoms with Gasteiger partial charge in [-0.05, 0) is 12.8 Å². The van der Waals surface area contributed by atoms with E-state index in [4.69, 9.17) is 33.8 Å². The maximum absolute atomic E-state index is 12.0. The van der Waals surface area contributed by atoms with Crippen LogP contribution in [0.15, 0.2) is 33.9 Å². The molecule has 0 aromatic heterocycles.